The van der Waals surface area contributed by atoms with Gasteiger partial charge in [-0.2, -0.15) is 5.26 Å². The van der Waals surface area contributed by atoms with Crippen molar-refractivity contribution >= 4 is 5.78 Å². The normalized spacial score (nSPS) is 9.00. The van der Waals surface area contributed by atoms with E-state index in [4.69, 9.17) is 5.26 Å². The Labute approximate surface area is 69.2 Å². The molecule has 0 saturated carbocycles. The third kappa shape index (κ3) is 1.67. The lowest BCUT2D eigenvalue weighted by atomic mass is 10.1. The quantitative estimate of drug-likeness (QED) is 0.625. The van der Waals surface area contributed by atoms with Gasteiger partial charge in [0.2, 0.25) is 0 Å². The summed E-state index contributed by atoms with van der Waals surface area (Å²) in [5.74, 6) is -1.05. The fourth-order valence-electron chi connectivity index (χ4n) is 0.854. The molecule has 0 radical (unpaired) electrons. The lowest BCUT2D eigenvalue weighted by molar-refractivity contribution is 0.0994. The Bertz CT molecular complexity index is 341. The number of hydrogen-bond donors (Lipinski definition) is 0. The first-order chi connectivity index (χ1) is 5.75. The highest BCUT2D eigenvalue weighted by Crippen LogP contribution is 2.08. The van der Waals surface area contributed by atoms with Crippen LogP contribution in [-0.4, -0.2) is 5.78 Å². The predicted molar refractivity (Wildman–Crippen MR) is 41.0 cm³/mol. The molecule has 0 N–H and O–H groups in total. The zero-order valence-corrected chi connectivity index (χ0v) is 6.25. The molecule has 0 fully saturated rings. The molecule has 0 unspecified atom stereocenters. The molecule has 0 saturated heterocycles. The summed E-state index contributed by atoms with van der Waals surface area (Å²) < 4.78 is 12.8. The number of carbonyl (C=O) groups excluding carboxylic acids is 1. The largest absolute Gasteiger partial charge is 0.293 e. The van der Waals surface area contributed by atoms with Crippen LogP contribution in [-0.2, 0) is 0 Å². The molecule has 1 rings (SSSR count). The van der Waals surface area contributed by atoms with E-state index >= 15 is 0 Å². The number of hydrogen-bond acceptors (Lipinski definition) is 2. The van der Waals surface area contributed by atoms with E-state index in [-0.39, 0.29) is 12.0 Å². The lowest BCUT2D eigenvalue weighted by Crippen LogP contribution is -2.00. The summed E-state index contributed by atoms with van der Waals surface area (Å²) in [5, 5.41) is 8.20. The van der Waals surface area contributed by atoms with E-state index in [0.29, 0.717) is 0 Å². The van der Waals surface area contributed by atoms with Gasteiger partial charge in [0.15, 0.2) is 5.78 Å². The third-order valence-corrected chi connectivity index (χ3v) is 1.41. The van der Waals surface area contributed by atoms with Crippen molar-refractivity contribution in [3.8, 4) is 6.07 Å². The maximum atomic E-state index is 12.8. The molecule has 0 aliphatic carbocycles. The van der Waals surface area contributed by atoms with Gasteiger partial charge in [0, 0.05) is 0 Å². The van der Waals surface area contributed by atoms with Crippen LogP contribution < -0.4 is 0 Å². The molecule has 3 heteroatoms. The van der Waals surface area contributed by atoms with Crippen LogP contribution in [0, 0.1) is 17.1 Å². The zero-order chi connectivity index (χ0) is 8.97. The Kier molecular flexibility index (Phi) is 2.54. The molecule has 0 atom stereocenters. The first kappa shape index (κ1) is 8.41. The monoisotopic (exact) mass is 163 g/mol. The highest BCUT2D eigenvalue weighted by Gasteiger charge is 2.08. The molecule has 1 aromatic carbocycles. The second kappa shape index (κ2) is 3.63. The van der Waals surface area contributed by atoms with Crippen molar-refractivity contribution in [1.82, 2.24) is 0 Å². The highest BCUT2D eigenvalue weighted by atomic mass is 19.1. The summed E-state index contributed by atoms with van der Waals surface area (Å²) in [7, 11) is 0. The minimum atomic E-state index is -0.572. The van der Waals surface area contributed by atoms with E-state index < -0.39 is 11.6 Å². The first-order valence-electron chi connectivity index (χ1n) is 3.40. The summed E-state index contributed by atoms with van der Waals surface area (Å²) in [6, 6.07) is 7.31. The van der Waals surface area contributed by atoms with Gasteiger partial charge >= 0.3 is 0 Å². The van der Waals surface area contributed by atoms with Crippen molar-refractivity contribution in [3.05, 3.63) is 35.6 Å². The average molecular weight is 163 g/mol. The molecule has 0 aliphatic heterocycles. The summed E-state index contributed by atoms with van der Waals surface area (Å²) in [6.07, 6.45) is -0.277. The van der Waals surface area contributed by atoms with Gasteiger partial charge in [-0.25, -0.2) is 4.39 Å². The zero-order valence-electron chi connectivity index (χ0n) is 6.25. The molecule has 2 nitrogen and oxygen atoms in total. The molecular weight excluding hydrogens is 157 g/mol. The summed E-state index contributed by atoms with van der Waals surface area (Å²) >= 11 is 0. The molecule has 0 spiro atoms. The number of rotatable bonds is 2. The van der Waals surface area contributed by atoms with Crippen LogP contribution in [0.2, 0.25) is 0 Å². The van der Waals surface area contributed by atoms with Gasteiger partial charge in [-0.1, -0.05) is 12.1 Å². The van der Waals surface area contributed by atoms with E-state index in [9.17, 15) is 9.18 Å². The van der Waals surface area contributed by atoms with Crippen molar-refractivity contribution < 1.29 is 9.18 Å². The number of halogens is 1. The van der Waals surface area contributed by atoms with Crippen LogP contribution in [0.5, 0.6) is 0 Å². The molecule has 0 amide bonds. The van der Waals surface area contributed by atoms with E-state index in [0.717, 1.165) is 0 Å². The smallest absolute Gasteiger partial charge is 0.179 e. The standard InChI is InChI=1S/C9H6FNO/c10-8-4-2-1-3-7(8)9(12)5-6-11/h1-4H,5H2. The van der Waals surface area contributed by atoms with Crippen LogP contribution in [0.3, 0.4) is 0 Å². The number of nitrogens with zero attached hydrogens (tertiary/aromatic N) is 1. The second-order valence-corrected chi connectivity index (χ2v) is 2.24. The van der Waals surface area contributed by atoms with Gasteiger partial charge in [-0.15, -0.1) is 0 Å². The molecule has 0 bridgehead atoms. The first-order valence-corrected chi connectivity index (χ1v) is 3.40. The molecule has 0 heterocycles. The van der Waals surface area contributed by atoms with Crippen molar-refractivity contribution in [2.45, 2.75) is 6.42 Å². The lowest BCUT2D eigenvalue weighted by Gasteiger charge is -1.96. The average Bonchev–Trinajstić information content (AvgIpc) is 2.05. The van der Waals surface area contributed by atoms with Crippen LogP contribution >= 0.6 is 0 Å². The van der Waals surface area contributed by atoms with Gasteiger partial charge in [-0.3, -0.25) is 4.79 Å². The number of nitriles is 1. The topological polar surface area (TPSA) is 40.9 Å². The van der Waals surface area contributed by atoms with Crippen molar-refractivity contribution in [2.75, 3.05) is 0 Å². The summed E-state index contributed by atoms with van der Waals surface area (Å²) in [4.78, 5) is 11.0. The van der Waals surface area contributed by atoms with Crippen LogP contribution in [0.4, 0.5) is 4.39 Å². The van der Waals surface area contributed by atoms with Crippen molar-refractivity contribution in [1.29, 1.82) is 5.26 Å². The fourth-order valence-corrected chi connectivity index (χ4v) is 0.854. The van der Waals surface area contributed by atoms with Crippen molar-refractivity contribution in [2.24, 2.45) is 0 Å². The molecular formula is C9H6FNO. The number of ketones is 1. The van der Waals surface area contributed by atoms with Crippen LogP contribution in [0.15, 0.2) is 24.3 Å². The van der Waals surface area contributed by atoms with E-state index in [1.54, 1.807) is 12.1 Å². The van der Waals surface area contributed by atoms with Crippen LogP contribution in [0.25, 0.3) is 0 Å². The van der Waals surface area contributed by atoms with Gasteiger partial charge in [-0.05, 0) is 12.1 Å². The van der Waals surface area contributed by atoms with Gasteiger partial charge in [0.1, 0.15) is 5.82 Å². The molecule has 60 valence electrons. The Morgan fingerprint density at radius 3 is 2.75 bits per heavy atom. The molecule has 0 aliphatic rings. The minimum Gasteiger partial charge on any atom is -0.293 e. The predicted octanol–water partition coefficient (Wildman–Crippen LogP) is 1.92. The molecule has 1 aromatic rings. The summed E-state index contributed by atoms with van der Waals surface area (Å²) in [5.41, 5.74) is -0.0148. The van der Waals surface area contributed by atoms with Gasteiger partial charge in [0.25, 0.3) is 0 Å². The second-order valence-electron chi connectivity index (χ2n) is 2.24. The van der Waals surface area contributed by atoms with Crippen molar-refractivity contribution in [3.63, 3.8) is 0 Å². The highest BCUT2D eigenvalue weighted by molar-refractivity contribution is 5.97. The number of benzene rings is 1. The maximum absolute atomic E-state index is 12.8. The maximum Gasteiger partial charge on any atom is 0.179 e. The Hall–Kier alpha value is -1.69. The van der Waals surface area contributed by atoms with E-state index in [1.165, 1.54) is 18.2 Å². The van der Waals surface area contributed by atoms with E-state index in [1.807, 2.05) is 0 Å². The third-order valence-electron chi connectivity index (χ3n) is 1.41. The fraction of sp³-hybridized carbons (Fsp3) is 0.111. The Balaban J connectivity index is 2.97. The molecule has 0 aromatic heterocycles. The Morgan fingerprint density at radius 1 is 1.50 bits per heavy atom. The number of carbonyl (C=O) groups is 1. The van der Waals surface area contributed by atoms with Crippen LogP contribution in [0.1, 0.15) is 16.8 Å². The number of Topliss-reactive ketones (excluding diaryl/α,β-unsaturated/α-hetero) is 1. The van der Waals surface area contributed by atoms with Gasteiger partial charge in [0.05, 0.1) is 18.1 Å². The Morgan fingerprint density at radius 2 is 2.17 bits per heavy atom. The summed E-state index contributed by atoms with van der Waals surface area (Å²) in [6.45, 7) is 0. The minimum absolute atomic E-state index is 0.0148. The van der Waals surface area contributed by atoms with E-state index in [2.05, 4.69) is 0 Å². The van der Waals surface area contributed by atoms with Gasteiger partial charge < -0.3 is 0 Å². The molecule has 12 heavy (non-hydrogen) atoms. The SMILES string of the molecule is N#CCC(=O)c1ccccc1F.